The van der Waals surface area contributed by atoms with Crippen LogP contribution in [-0.2, 0) is 10.0 Å². The van der Waals surface area contributed by atoms with E-state index in [2.05, 4.69) is 5.16 Å². The highest BCUT2D eigenvalue weighted by Gasteiger charge is 2.38. The topological polar surface area (TPSA) is 63.4 Å². The number of rotatable bonds is 4. The summed E-state index contributed by atoms with van der Waals surface area (Å²) in [5.74, 6) is 1.30. The van der Waals surface area contributed by atoms with Crippen LogP contribution in [0, 0.1) is 13.8 Å². The van der Waals surface area contributed by atoms with Crippen LogP contribution in [0.1, 0.15) is 79.5 Å². The van der Waals surface area contributed by atoms with Crippen LogP contribution in [0.2, 0.25) is 0 Å². The van der Waals surface area contributed by atoms with Crippen molar-refractivity contribution in [3.05, 3.63) is 46.8 Å². The molecule has 1 aromatic heterocycles. The Balaban J connectivity index is 1.60. The first kappa shape index (κ1) is 18.7. The first-order valence-corrected chi connectivity index (χ1v) is 11.5. The predicted octanol–water partition coefficient (Wildman–Crippen LogP) is 4.86. The van der Waals surface area contributed by atoms with E-state index in [1.807, 2.05) is 26.0 Å². The minimum atomic E-state index is -3.53. The zero-order chi connectivity index (χ0) is 19.0. The van der Waals surface area contributed by atoms with Crippen molar-refractivity contribution in [3.8, 4) is 0 Å². The van der Waals surface area contributed by atoms with Crippen LogP contribution in [0.15, 0.2) is 33.7 Å². The van der Waals surface area contributed by atoms with Crippen molar-refractivity contribution in [3.63, 3.8) is 0 Å². The fraction of sp³-hybridized carbons (Fsp3) is 0.571. The van der Waals surface area contributed by atoms with Gasteiger partial charge in [0.2, 0.25) is 10.0 Å². The van der Waals surface area contributed by atoms with Crippen LogP contribution in [0.4, 0.5) is 0 Å². The summed E-state index contributed by atoms with van der Waals surface area (Å²) in [6, 6.07) is 7.44. The second-order valence-electron chi connectivity index (χ2n) is 7.92. The van der Waals surface area contributed by atoms with Gasteiger partial charge in [0, 0.05) is 12.1 Å². The van der Waals surface area contributed by atoms with Gasteiger partial charge in [-0.2, -0.15) is 4.31 Å². The molecule has 1 aliphatic carbocycles. The van der Waals surface area contributed by atoms with E-state index in [1.54, 1.807) is 16.4 Å². The Morgan fingerprint density at radius 3 is 2.33 bits per heavy atom. The van der Waals surface area contributed by atoms with Gasteiger partial charge < -0.3 is 4.52 Å². The fourth-order valence-corrected chi connectivity index (χ4v) is 6.43. The lowest BCUT2D eigenvalue weighted by molar-refractivity contribution is 0.376. The molecule has 1 aliphatic heterocycles. The average molecular weight is 389 g/mol. The van der Waals surface area contributed by atoms with E-state index in [4.69, 9.17) is 4.52 Å². The van der Waals surface area contributed by atoms with E-state index in [1.165, 1.54) is 37.7 Å². The number of aromatic nitrogens is 1. The molecular weight excluding hydrogens is 360 g/mol. The third-order valence-corrected chi connectivity index (χ3v) is 8.11. The maximum atomic E-state index is 13.3. The zero-order valence-corrected chi connectivity index (χ0v) is 17.0. The Labute approximate surface area is 161 Å². The summed E-state index contributed by atoms with van der Waals surface area (Å²) in [5.41, 5.74) is 2.99. The lowest BCUT2D eigenvalue weighted by atomic mass is 9.84. The fourth-order valence-electron chi connectivity index (χ4n) is 4.77. The Morgan fingerprint density at radius 2 is 1.70 bits per heavy atom. The lowest BCUT2D eigenvalue weighted by Crippen LogP contribution is -2.31. The van der Waals surface area contributed by atoms with Gasteiger partial charge in [0.05, 0.1) is 16.6 Å². The normalized spacial score (nSPS) is 22.4. The molecule has 1 saturated heterocycles. The molecule has 2 aromatic rings. The van der Waals surface area contributed by atoms with Crippen LogP contribution in [0.3, 0.4) is 0 Å². The van der Waals surface area contributed by atoms with Gasteiger partial charge in [-0.25, -0.2) is 8.42 Å². The van der Waals surface area contributed by atoms with Gasteiger partial charge in [0.1, 0.15) is 5.76 Å². The van der Waals surface area contributed by atoms with Crippen LogP contribution in [0.5, 0.6) is 0 Å². The predicted molar refractivity (Wildman–Crippen MR) is 104 cm³/mol. The van der Waals surface area contributed by atoms with Crippen molar-refractivity contribution in [2.75, 3.05) is 6.54 Å². The standard InChI is InChI=1S/C21H28N2O3S/c1-15-21(16(2)26-22-15)20-9-6-14-23(20)27(24,25)19-12-10-18(11-13-19)17-7-4-3-5-8-17/h10-13,17,20H,3-9,14H2,1-2H3/t20-/m1/s1. The zero-order valence-electron chi connectivity index (χ0n) is 16.1. The lowest BCUT2D eigenvalue weighted by Gasteiger charge is -2.25. The molecular formula is C21H28N2O3S. The average Bonchev–Trinajstić information content (AvgIpc) is 3.29. The Bertz CT molecular complexity index is 877. The Hall–Kier alpha value is -1.66. The minimum absolute atomic E-state index is 0.181. The molecule has 0 radical (unpaired) electrons. The molecule has 0 unspecified atom stereocenters. The van der Waals surface area contributed by atoms with Crippen molar-refractivity contribution in [2.24, 2.45) is 0 Å². The number of nitrogens with zero attached hydrogens (tertiary/aromatic N) is 2. The van der Waals surface area contributed by atoms with Gasteiger partial charge in [0.25, 0.3) is 0 Å². The van der Waals surface area contributed by atoms with Gasteiger partial charge in [-0.1, -0.05) is 36.6 Å². The Kier molecular flexibility index (Phi) is 5.12. The molecule has 2 fully saturated rings. The third kappa shape index (κ3) is 3.45. The molecule has 5 nitrogen and oxygen atoms in total. The largest absolute Gasteiger partial charge is 0.361 e. The van der Waals surface area contributed by atoms with E-state index >= 15 is 0 Å². The van der Waals surface area contributed by atoms with Crippen LogP contribution >= 0.6 is 0 Å². The molecule has 2 aliphatic rings. The molecule has 146 valence electrons. The SMILES string of the molecule is Cc1noc(C)c1[C@H]1CCCN1S(=O)(=O)c1ccc(C2CCCCC2)cc1. The summed E-state index contributed by atoms with van der Waals surface area (Å²) in [7, 11) is -3.53. The second-order valence-corrected chi connectivity index (χ2v) is 9.81. The maximum Gasteiger partial charge on any atom is 0.243 e. The number of sulfonamides is 1. The molecule has 1 saturated carbocycles. The van der Waals surface area contributed by atoms with Gasteiger partial charge in [0.15, 0.2) is 0 Å². The number of hydrogen-bond donors (Lipinski definition) is 0. The molecule has 1 atom stereocenters. The molecule has 2 heterocycles. The van der Waals surface area contributed by atoms with E-state index in [9.17, 15) is 8.42 Å². The molecule has 0 N–H and O–H groups in total. The van der Waals surface area contributed by atoms with Crippen molar-refractivity contribution in [1.82, 2.24) is 9.46 Å². The maximum absolute atomic E-state index is 13.3. The van der Waals surface area contributed by atoms with Gasteiger partial charge in [-0.05, 0) is 63.1 Å². The highest BCUT2D eigenvalue weighted by atomic mass is 32.2. The van der Waals surface area contributed by atoms with Gasteiger partial charge in [-0.15, -0.1) is 0 Å². The summed E-state index contributed by atoms with van der Waals surface area (Å²) in [6.07, 6.45) is 7.96. The van der Waals surface area contributed by atoms with Gasteiger partial charge >= 0.3 is 0 Å². The molecule has 0 spiro atoms. The van der Waals surface area contributed by atoms with E-state index < -0.39 is 10.0 Å². The number of aryl methyl sites for hydroxylation is 2. The van der Waals surface area contributed by atoms with E-state index in [0.29, 0.717) is 23.1 Å². The molecule has 27 heavy (non-hydrogen) atoms. The molecule has 1 aromatic carbocycles. The highest BCUT2D eigenvalue weighted by molar-refractivity contribution is 7.89. The molecule has 6 heteroatoms. The second kappa shape index (κ2) is 7.40. The molecule has 4 rings (SSSR count). The minimum Gasteiger partial charge on any atom is -0.361 e. The Morgan fingerprint density at radius 1 is 1.00 bits per heavy atom. The quantitative estimate of drug-likeness (QED) is 0.750. The van der Waals surface area contributed by atoms with Crippen molar-refractivity contribution < 1.29 is 12.9 Å². The smallest absolute Gasteiger partial charge is 0.243 e. The summed E-state index contributed by atoms with van der Waals surface area (Å²) in [5, 5.41) is 4.02. The monoisotopic (exact) mass is 388 g/mol. The first-order chi connectivity index (χ1) is 13.0. The summed E-state index contributed by atoms with van der Waals surface area (Å²) >= 11 is 0. The van der Waals surface area contributed by atoms with Crippen molar-refractivity contribution in [2.45, 2.75) is 75.6 Å². The van der Waals surface area contributed by atoms with Crippen molar-refractivity contribution in [1.29, 1.82) is 0 Å². The van der Waals surface area contributed by atoms with Crippen molar-refractivity contribution >= 4 is 10.0 Å². The number of benzene rings is 1. The van der Waals surface area contributed by atoms with Crippen LogP contribution in [0.25, 0.3) is 0 Å². The summed E-state index contributed by atoms with van der Waals surface area (Å²) < 4.78 is 33.6. The number of hydrogen-bond acceptors (Lipinski definition) is 4. The molecule has 0 amide bonds. The van der Waals surface area contributed by atoms with E-state index in [0.717, 1.165) is 24.1 Å². The third-order valence-electron chi connectivity index (χ3n) is 6.19. The highest BCUT2D eigenvalue weighted by Crippen LogP contribution is 2.39. The van der Waals surface area contributed by atoms with E-state index in [-0.39, 0.29) is 6.04 Å². The first-order valence-electron chi connectivity index (χ1n) is 10.0. The summed E-state index contributed by atoms with van der Waals surface area (Å²) in [4.78, 5) is 0.390. The molecule has 0 bridgehead atoms. The van der Waals surface area contributed by atoms with Crippen LogP contribution in [-0.4, -0.2) is 24.4 Å². The summed E-state index contributed by atoms with van der Waals surface area (Å²) in [6.45, 7) is 4.28. The van der Waals surface area contributed by atoms with Gasteiger partial charge in [-0.3, -0.25) is 0 Å². The van der Waals surface area contributed by atoms with Crippen LogP contribution < -0.4 is 0 Å².